The quantitative estimate of drug-likeness (QED) is 0.777. The second-order valence-electron chi connectivity index (χ2n) is 3.77. The van der Waals surface area contributed by atoms with Gasteiger partial charge in [-0.1, -0.05) is 12.1 Å². The Morgan fingerprint density at radius 3 is 2.37 bits per heavy atom. The third-order valence-corrected chi connectivity index (χ3v) is 2.60. The molecule has 0 atom stereocenters. The minimum atomic E-state index is -1.29. The van der Waals surface area contributed by atoms with Gasteiger partial charge in [0.25, 0.3) is 0 Å². The Labute approximate surface area is 108 Å². The zero-order valence-corrected chi connectivity index (χ0v) is 10.3. The molecule has 19 heavy (non-hydrogen) atoms. The highest BCUT2D eigenvalue weighted by Gasteiger charge is 2.19. The van der Waals surface area contributed by atoms with E-state index in [2.05, 4.69) is 4.74 Å². The van der Waals surface area contributed by atoms with Gasteiger partial charge in [-0.2, -0.15) is 4.39 Å². The van der Waals surface area contributed by atoms with Crippen molar-refractivity contribution < 1.29 is 22.6 Å². The molecule has 0 aliphatic carbocycles. The lowest BCUT2D eigenvalue weighted by Crippen LogP contribution is -1.97. The summed E-state index contributed by atoms with van der Waals surface area (Å²) in [6, 6.07) is 4.01. The van der Waals surface area contributed by atoms with Crippen LogP contribution >= 0.6 is 0 Å². The number of halogens is 3. The summed E-state index contributed by atoms with van der Waals surface area (Å²) in [5.74, 6) is -3.91. The molecule has 0 fully saturated rings. The van der Waals surface area contributed by atoms with Crippen LogP contribution in [0.15, 0.2) is 30.5 Å². The Kier molecular flexibility index (Phi) is 3.64. The van der Waals surface area contributed by atoms with Gasteiger partial charge >= 0.3 is 0 Å². The summed E-state index contributed by atoms with van der Waals surface area (Å²) in [4.78, 5) is 0. The molecule has 0 unspecified atom stereocenters. The van der Waals surface area contributed by atoms with E-state index < -0.39 is 22.8 Å². The number of rotatable bonds is 3. The number of benzene rings is 2. The second-order valence-corrected chi connectivity index (χ2v) is 3.77. The molecule has 2 nitrogen and oxygen atoms in total. The third kappa shape index (κ3) is 2.23. The first-order valence-corrected chi connectivity index (χ1v) is 5.52. The molecule has 0 spiro atoms. The zero-order valence-electron chi connectivity index (χ0n) is 10.3. The van der Waals surface area contributed by atoms with E-state index in [4.69, 9.17) is 4.74 Å². The van der Waals surface area contributed by atoms with Crippen LogP contribution in [0.2, 0.25) is 0 Å². The maximum absolute atomic E-state index is 14.1. The van der Waals surface area contributed by atoms with E-state index in [0.717, 1.165) is 0 Å². The molecule has 0 radical (unpaired) electrons. The Morgan fingerprint density at radius 2 is 1.74 bits per heavy atom. The summed E-state index contributed by atoms with van der Waals surface area (Å²) >= 11 is 0. The molecular weight excluding hydrogens is 257 g/mol. The standard InChI is InChI=1S/C14H11F3O2/c1-3-6-19-9-5-4-8-7-10(18-2)13(16)14(17)11(8)12(9)15/h3-7H,1-2H3. The fourth-order valence-electron chi connectivity index (χ4n) is 1.72. The van der Waals surface area contributed by atoms with Gasteiger partial charge in [0.1, 0.15) is 0 Å². The maximum Gasteiger partial charge on any atom is 0.201 e. The minimum Gasteiger partial charge on any atom is -0.494 e. The van der Waals surface area contributed by atoms with E-state index in [1.807, 2.05) is 0 Å². The summed E-state index contributed by atoms with van der Waals surface area (Å²) in [6.45, 7) is 1.68. The normalized spacial score (nSPS) is 11.2. The van der Waals surface area contributed by atoms with E-state index in [0.29, 0.717) is 0 Å². The van der Waals surface area contributed by atoms with Crippen molar-refractivity contribution in [1.29, 1.82) is 0 Å². The third-order valence-electron chi connectivity index (χ3n) is 2.60. The molecule has 0 saturated carbocycles. The lowest BCUT2D eigenvalue weighted by atomic mass is 10.1. The van der Waals surface area contributed by atoms with Crippen LogP contribution in [0.5, 0.6) is 11.5 Å². The van der Waals surface area contributed by atoms with Gasteiger partial charge < -0.3 is 9.47 Å². The van der Waals surface area contributed by atoms with E-state index in [1.165, 1.54) is 31.6 Å². The molecule has 0 aliphatic heterocycles. The van der Waals surface area contributed by atoms with E-state index in [1.54, 1.807) is 13.0 Å². The van der Waals surface area contributed by atoms with Crippen LogP contribution in [-0.2, 0) is 0 Å². The summed E-state index contributed by atoms with van der Waals surface area (Å²) in [5.41, 5.74) is 0. The topological polar surface area (TPSA) is 18.5 Å². The van der Waals surface area contributed by atoms with Crippen molar-refractivity contribution in [2.45, 2.75) is 6.92 Å². The zero-order chi connectivity index (χ0) is 14.0. The van der Waals surface area contributed by atoms with Crippen molar-refractivity contribution in [1.82, 2.24) is 0 Å². The molecule has 0 heterocycles. The number of fused-ring (bicyclic) bond motifs is 1. The van der Waals surface area contributed by atoms with E-state index >= 15 is 0 Å². The van der Waals surface area contributed by atoms with E-state index in [9.17, 15) is 13.2 Å². The van der Waals surface area contributed by atoms with Crippen LogP contribution in [0.25, 0.3) is 10.8 Å². The molecule has 5 heteroatoms. The fraction of sp³-hybridized carbons (Fsp3) is 0.143. The highest BCUT2D eigenvalue weighted by molar-refractivity contribution is 5.86. The molecule has 2 rings (SSSR count). The van der Waals surface area contributed by atoms with Gasteiger partial charge in [-0.15, -0.1) is 0 Å². The van der Waals surface area contributed by atoms with Gasteiger partial charge in [-0.25, -0.2) is 8.78 Å². The first-order chi connectivity index (χ1) is 9.10. The molecular formula is C14H11F3O2. The molecule has 2 aromatic rings. The predicted octanol–water partition coefficient (Wildman–Crippen LogP) is 4.18. The van der Waals surface area contributed by atoms with Gasteiger partial charge in [0.05, 0.1) is 18.8 Å². The van der Waals surface area contributed by atoms with Crippen LogP contribution in [0.1, 0.15) is 6.92 Å². The Balaban J connectivity index is 2.72. The molecule has 0 N–H and O–H groups in total. The molecule has 0 amide bonds. The van der Waals surface area contributed by atoms with Crippen molar-refractivity contribution >= 4 is 10.8 Å². The second kappa shape index (κ2) is 5.22. The highest BCUT2D eigenvalue weighted by Crippen LogP contribution is 2.33. The Bertz CT molecular complexity index is 651. The number of allylic oxidation sites excluding steroid dienone is 1. The molecule has 2 aromatic carbocycles. The summed E-state index contributed by atoms with van der Waals surface area (Å²) in [7, 11) is 1.21. The van der Waals surface area contributed by atoms with Crippen molar-refractivity contribution in [2.75, 3.05) is 7.11 Å². The number of hydrogen-bond donors (Lipinski definition) is 0. The number of ether oxygens (including phenoxy) is 2. The molecule has 0 aliphatic rings. The Hall–Kier alpha value is -2.17. The molecule has 100 valence electrons. The van der Waals surface area contributed by atoms with Gasteiger partial charge in [-0.3, -0.25) is 0 Å². The van der Waals surface area contributed by atoms with Crippen molar-refractivity contribution in [3.05, 3.63) is 48.0 Å². The average Bonchev–Trinajstić information content (AvgIpc) is 2.41. The lowest BCUT2D eigenvalue weighted by Gasteiger charge is -2.09. The SMILES string of the molecule is CC=COc1ccc2cc(OC)c(F)c(F)c2c1F. The number of hydrogen-bond acceptors (Lipinski definition) is 2. The van der Waals surface area contributed by atoms with Crippen molar-refractivity contribution in [3.8, 4) is 11.5 Å². The van der Waals surface area contributed by atoms with Crippen LogP contribution in [0.4, 0.5) is 13.2 Å². The van der Waals surface area contributed by atoms with Crippen LogP contribution in [0, 0.1) is 17.5 Å². The van der Waals surface area contributed by atoms with Gasteiger partial charge in [0.2, 0.25) is 5.82 Å². The van der Waals surface area contributed by atoms with Gasteiger partial charge in [-0.05, 0) is 24.4 Å². The molecule has 0 saturated heterocycles. The molecule has 0 aromatic heterocycles. The maximum atomic E-state index is 14.1. The predicted molar refractivity (Wildman–Crippen MR) is 65.8 cm³/mol. The van der Waals surface area contributed by atoms with Gasteiger partial charge in [0, 0.05) is 0 Å². The largest absolute Gasteiger partial charge is 0.494 e. The minimum absolute atomic E-state index is 0.172. The highest BCUT2D eigenvalue weighted by atomic mass is 19.2. The molecule has 0 bridgehead atoms. The average molecular weight is 268 g/mol. The summed E-state index contributed by atoms with van der Waals surface area (Å²) in [6.07, 6.45) is 2.80. The smallest absolute Gasteiger partial charge is 0.201 e. The summed E-state index contributed by atoms with van der Waals surface area (Å²) in [5, 5.41) is -0.263. The van der Waals surface area contributed by atoms with Crippen LogP contribution in [0.3, 0.4) is 0 Å². The monoisotopic (exact) mass is 268 g/mol. The van der Waals surface area contributed by atoms with E-state index in [-0.39, 0.29) is 16.9 Å². The first-order valence-electron chi connectivity index (χ1n) is 5.52. The first kappa shape index (κ1) is 13.3. The fourth-order valence-corrected chi connectivity index (χ4v) is 1.72. The Morgan fingerprint density at radius 1 is 1.00 bits per heavy atom. The lowest BCUT2D eigenvalue weighted by molar-refractivity contribution is 0.373. The summed E-state index contributed by atoms with van der Waals surface area (Å²) < 4.78 is 51.1. The van der Waals surface area contributed by atoms with Crippen molar-refractivity contribution in [2.24, 2.45) is 0 Å². The number of methoxy groups -OCH3 is 1. The van der Waals surface area contributed by atoms with Gasteiger partial charge in [0.15, 0.2) is 23.1 Å². The van der Waals surface area contributed by atoms with Crippen LogP contribution in [-0.4, -0.2) is 7.11 Å². The van der Waals surface area contributed by atoms with Crippen molar-refractivity contribution in [3.63, 3.8) is 0 Å². The van der Waals surface area contributed by atoms with Crippen LogP contribution < -0.4 is 9.47 Å².